The van der Waals surface area contributed by atoms with Gasteiger partial charge in [0.25, 0.3) is 0 Å². The lowest BCUT2D eigenvalue weighted by Crippen LogP contribution is -2.05. The summed E-state index contributed by atoms with van der Waals surface area (Å²) in [6.07, 6.45) is 5.60. The van der Waals surface area contributed by atoms with Gasteiger partial charge in [-0.05, 0) is 76.4 Å². The molecule has 1 saturated carbocycles. The van der Waals surface area contributed by atoms with Gasteiger partial charge in [-0.25, -0.2) is 13.2 Å². The third-order valence-electron chi connectivity index (χ3n) is 6.25. The molecule has 1 heterocycles. The van der Waals surface area contributed by atoms with Gasteiger partial charge in [-0.15, -0.1) is 0 Å². The van der Waals surface area contributed by atoms with Crippen molar-refractivity contribution in [3.8, 4) is 0 Å². The maximum atomic E-state index is 14.4. The molecule has 0 aliphatic heterocycles. The van der Waals surface area contributed by atoms with Crippen molar-refractivity contribution >= 4 is 43.9 Å². The van der Waals surface area contributed by atoms with E-state index in [1.54, 1.807) is 36.4 Å². The van der Waals surface area contributed by atoms with Crippen molar-refractivity contribution in [1.82, 2.24) is 10.2 Å². The predicted molar refractivity (Wildman–Crippen MR) is 137 cm³/mol. The number of carbonyl (C=O) groups is 1. The molecule has 0 amide bonds. The molecule has 3 aromatic carbocycles. The summed E-state index contributed by atoms with van der Waals surface area (Å²) < 4.78 is 39.9. The van der Waals surface area contributed by atoms with Gasteiger partial charge in [0.05, 0.1) is 15.8 Å². The largest absolute Gasteiger partial charge is 0.478 e. The molecule has 182 valence electrons. The average Bonchev–Trinajstić information content (AvgIpc) is 3.63. The Kier molecular flexibility index (Phi) is 6.05. The van der Waals surface area contributed by atoms with Crippen LogP contribution < -0.4 is 0 Å². The first-order chi connectivity index (χ1) is 17.2. The van der Waals surface area contributed by atoms with Crippen molar-refractivity contribution in [3.63, 3.8) is 0 Å². The minimum atomic E-state index is -3.51. The summed E-state index contributed by atoms with van der Waals surface area (Å²) in [5.41, 5.74) is 5.10. The van der Waals surface area contributed by atoms with Crippen LogP contribution in [0.25, 0.3) is 28.1 Å². The van der Waals surface area contributed by atoms with E-state index >= 15 is 0 Å². The molecule has 0 saturated heterocycles. The van der Waals surface area contributed by atoms with Crippen LogP contribution in [0, 0.1) is 11.9 Å². The number of hydrogen-bond donors (Lipinski definition) is 2. The number of H-pyrrole nitrogens is 1. The number of benzene rings is 3. The number of carboxylic acid groups (broad SMARTS) is 1. The molecule has 0 radical (unpaired) electrons. The Morgan fingerprint density at radius 1 is 1.06 bits per heavy atom. The Balaban J connectivity index is 1.80. The molecule has 0 unspecified atom stereocenters. The van der Waals surface area contributed by atoms with Crippen LogP contribution in [0.4, 0.5) is 4.39 Å². The van der Waals surface area contributed by atoms with Crippen molar-refractivity contribution in [2.45, 2.75) is 17.7 Å². The Bertz CT molecular complexity index is 1650. The van der Waals surface area contributed by atoms with Crippen LogP contribution in [0.2, 0.25) is 0 Å². The third-order valence-corrected chi connectivity index (χ3v) is 7.40. The average molecular weight is 503 g/mol. The number of hydrogen-bond acceptors (Lipinski definition) is 4. The van der Waals surface area contributed by atoms with Crippen molar-refractivity contribution in [2.24, 2.45) is 5.92 Å². The molecule has 1 aliphatic carbocycles. The van der Waals surface area contributed by atoms with Gasteiger partial charge in [0.1, 0.15) is 0 Å². The highest BCUT2D eigenvalue weighted by Gasteiger charge is 2.33. The number of aromatic amines is 1. The third kappa shape index (κ3) is 4.72. The Labute approximate surface area is 207 Å². The van der Waals surface area contributed by atoms with Gasteiger partial charge in [-0.1, -0.05) is 48.5 Å². The monoisotopic (exact) mass is 502 g/mol. The van der Waals surface area contributed by atoms with E-state index in [2.05, 4.69) is 10.2 Å². The van der Waals surface area contributed by atoms with Crippen LogP contribution in [0.15, 0.2) is 77.7 Å². The Morgan fingerprint density at radius 3 is 2.42 bits per heavy atom. The van der Waals surface area contributed by atoms with Gasteiger partial charge in [0.15, 0.2) is 9.84 Å². The number of aliphatic carboxylic acids is 1. The highest BCUT2D eigenvalue weighted by Crippen LogP contribution is 2.49. The molecule has 0 bridgehead atoms. The molecule has 2 N–H and O–H groups in total. The number of allylic oxidation sites excluding steroid dienone is 1. The number of halogens is 1. The van der Waals surface area contributed by atoms with Crippen molar-refractivity contribution in [3.05, 3.63) is 101 Å². The summed E-state index contributed by atoms with van der Waals surface area (Å²) in [7, 11) is -3.51. The minimum absolute atomic E-state index is 0.152. The second kappa shape index (κ2) is 9.20. The molecule has 0 spiro atoms. The molecular formula is C28H23FN2O4S. The summed E-state index contributed by atoms with van der Waals surface area (Å²) in [5, 5.41) is 15.6. The van der Waals surface area contributed by atoms with E-state index in [0.29, 0.717) is 22.0 Å². The number of sulfone groups is 1. The van der Waals surface area contributed by atoms with Gasteiger partial charge < -0.3 is 5.11 Å². The molecule has 8 heteroatoms. The standard InChI is InChI=1S/C28H23FN2O4S/c1-36(34,35)24-5-3-2-4-21(24)27(19-11-12-19)26(18-9-6-17(7-10-18)8-15-25(32)33)20-13-14-23-22(16-20)28(29)31-30-23/h2-10,13-16,19H,11-12H2,1H3,(H,30,31)(H,32,33)/b15-8+,27-26?. The van der Waals surface area contributed by atoms with E-state index in [0.717, 1.165) is 41.2 Å². The van der Waals surface area contributed by atoms with Crippen LogP contribution in [-0.2, 0) is 14.6 Å². The van der Waals surface area contributed by atoms with E-state index in [9.17, 15) is 17.6 Å². The fraction of sp³-hybridized carbons (Fsp3) is 0.143. The first-order valence-electron chi connectivity index (χ1n) is 11.4. The van der Waals surface area contributed by atoms with E-state index in [1.165, 1.54) is 12.3 Å². The SMILES string of the molecule is CS(=O)(=O)c1ccccc1C(=C(c1ccc(/C=C/C(=O)O)cc1)c1ccc2n[nH]c(F)c2c1)C1CC1. The van der Waals surface area contributed by atoms with Gasteiger partial charge in [-0.3, -0.25) is 5.10 Å². The second-order valence-corrected chi connectivity index (χ2v) is 10.9. The van der Waals surface area contributed by atoms with E-state index in [-0.39, 0.29) is 10.8 Å². The second-order valence-electron chi connectivity index (χ2n) is 8.89. The summed E-state index contributed by atoms with van der Waals surface area (Å²) >= 11 is 0. The molecule has 4 aromatic rings. The van der Waals surface area contributed by atoms with E-state index in [4.69, 9.17) is 5.11 Å². The molecular weight excluding hydrogens is 479 g/mol. The summed E-state index contributed by atoms with van der Waals surface area (Å²) in [5.74, 6) is -1.42. The topological polar surface area (TPSA) is 100 Å². The molecule has 1 aromatic heterocycles. The fourth-order valence-corrected chi connectivity index (χ4v) is 5.39. The van der Waals surface area contributed by atoms with Crippen molar-refractivity contribution in [2.75, 3.05) is 6.26 Å². The van der Waals surface area contributed by atoms with Crippen LogP contribution in [0.5, 0.6) is 0 Å². The number of rotatable bonds is 7. The van der Waals surface area contributed by atoms with Gasteiger partial charge in [0.2, 0.25) is 5.95 Å². The fourth-order valence-electron chi connectivity index (χ4n) is 4.48. The number of nitrogens with zero attached hydrogens (tertiary/aromatic N) is 1. The molecule has 1 fully saturated rings. The zero-order valence-electron chi connectivity index (χ0n) is 19.4. The molecule has 36 heavy (non-hydrogen) atoms. The number of carboxylic acids is 1. The van der Waals surface area contributed by atoms with Gasteiger partial charge in [0, 0.05) is 12.3 Å². The van der Waals surface area contributed by atoms with E-state index in [1.807, 2.05) is 30.3 Å². The lowest BCUT2D eigenvalue weighted by molar-refractivity contribution is -0.131. The quantitative estimate of drug-likeness (QED) is 0.254. The summed E-state index contributed by atoms with van der Waals surface area (Å²) in [6, 6.07) is 19.7. The van der Waals surface area contributed by atoms with Crippen LogP contribution in [-0.4, -0.2) is 35.9 Å². The molecule has 1 aliphatic rings. The molecule has 6 nitrogen and oxygen atoms in total. The minimum Gasteiger partial charge on any atom is -0.478 e. The smallest absolute Gasteiger partial charge is 0.328 e. The Morgan fingerprint density at radius 2 is 1.75 bits per heavy atom. The van der Waals surface area contributed by atoms with Crippen LogP contribution >= 0.6 is 0 Å². The van der Waals surface area contributed by atoms with Crippen molar-refractivity contribution < 1.29 is 22.7 Å². The molecule has 0 atom stereocenters. The summed E-state index contributed by atoms with van der Waals surface area (Å²) in [4.78, 5) is 11.2. The zero-order valence-corrected chi connectivity index (χ0v) is 20.2. The predicted octanol–water partition coefficient (Wildman–Crippen LogP) is 5.57. The first-order valence-corrected chi connectivity index (χ1v) is 13.3. The first kappa shape index (κ1) is 23.7. The van der Waals surface area contributed by atoms with Gasteiger partial charge in [-0.2, -0.15) is 9.49 Å². The maximum absolute atomic E-state index is 14.4. The van der Waals surface area contributed by atoms with Crippen molar-refractivity contribution in [1.29, 1.82) is 0 Å². The lowest BCUT2D eigenvalue weighted by Gasteiger charge is -2.19. The highest BCUT2D eigenvalue weighted by molar-refractivity contribution is 7.90. The number of fused-ring (bicyclic) bond motifs is 1. The Hall–Kier alpha value is -4.04. The van der Waals surface area contributed by atoms with E-state index < -0.39 is 21.8 Å². The van der Waals surface area contributed by atoms with Crippen LogP contribution in [0.3, 0.4) is 0 Å². The lowest BCUT2D eigenvalue weighted by atomic mass is 9.86. The number of nitrogens with one attached hydrogen (secondary N) is 1. The van der Waals surface area contributed by atoms with Crippen LogP contribution in [0.1, 0.15) is 35.1 Å². The normalized spacial score (nSPS) is 14.8. The number of aromatic nitrogens is 2. The summed E-state index contributed by atoms with van der Waals surface area (Å²) in [6.45, 7) is 0. The van der Waals surface area contributed by atoms with Gasteiger partial charge >= 0.3 is 5.97 Å². The zero-order chi connectivity index (χ0) is 25.4. The molecule has 5 rings (SSSR count). The highest BCUT2D eigenvalue weighted by atomic mass is 32.2. The maximum Gasteiger partial charge on any atom is 0.328 e.